The zero-order valence-corrected chi connectivity index (χ0v) is 16.8. The fourth-order valence-electron chi connectivity index (χ4n) is 4.47. The minimum absolute atomic E-state index is 0.104. The molecule has 1 spiro atoms. The summed E-state index contributed by atoms with van der Waals surface area (Å²) in [6.45, 7) is 8.08. The number of halogens is 1. The first-order valence-electron chi connectivity index (χ1n) is 9.83. The van der Waals surface area contributed by atoms with Gasteiger partial charge in [-0.15, -0.1) is 0 Å². The molecule has 2 aromatic rings. The molecule has 3 heterocycles. The monoisotopic (exact) mass is 386 g/mol. The highest BCUT2D eigenvalue weighted by Gasteiger charge is 2.38. The van der Waals surface area contributed by atoms with Crippen molar-refractivity contribution in [3.05, 3.63) is 46.7 Å². The van der Waals surface area contributed by atoms with Crippen LogP contribution in [0, 0.1) is 5.41 Å². The number of piperidine rings is 1. The first-order valence-corrected chi connectivity index (χ1v) is 10.2. The van der Waals surface area contributed by atoms with Crippen molar-refractivity contribution in [3.63, 3.8) is 0 Å². The van der Waals surface area contributed by atoms with Gasteiger partial charge >= 0.3 is 0 Å². The highest BCUT2D eigenvalue weighted by molar-refractivity contribution is 6.30. The zero-order chi connectivity index (χ0) is 19.0. The number of hydrogen-bond donors (Lipinski definition) is 1. The zero-order valence-electron chi connectivity index (χ0n) is 16.0. The van der Waals surface area contributed by atoms with Gasteiger partial charge in [0.2, 0.25) is 0 Å². The fourth-order valence-corrected chi connectivity index (χ4v) is 4.65. The van der Waals surface area contributed by atoms with Gasteiger partial charge in [-0.1, -0.05) is 31.5 Å². The van der Waals surface area contributed by atoms with Crippen LogP contribution >= 0.6 is 11.6 Å². The number of nitrogens with zero attached hydrogens (tertiary/aromatic N) is 3. The van der Waals surface area contributed by atoms with Crippen LogP contribution < -0.4 is 5.32 Å². The molecule has 0 radical (unpaired) electrons. The van der Waals surface area contributed by atoms with Crippen LogP contribution in [0.5, 0.6) is 0 Å². The van der Waals surface area contributed by atoms with E-state index < -0.39 is 0 Å². The summed E-state index contributed by atoms with van der Waals surface area (Å²) in [5.41, 5.74) is 2.96. The minimum atomic E-state index is 0.104. The van der Waals surface area contributed by atoms with Gasteiger partial charge in [0.15, 0.2) is 0 Å². The lowest BCUT2D eigenvalue weighted by molar-refractivity contribution is 0.0606. The molecule has 144 valence electrons. The van der Waals surface area contributed by atoms with Gasteiger partial charge in [-0.05, 0) is 55.3 Å². The molecule has 5 nitrogen and oxygen atoms in total. The normalized spacial score (nSPS) is 19.2. The Morgan fingerprint density at radius 3 is 2.67 bits per heavy atom. The molecule has 0 atom stereocenters. The average molecular weight is 387 g/mol. The second-order valence-electron chi connectivity index (χ2n) is 8.21. The summed E-state index contributed by atoms with van der Waals surface area (Å²) in [6, 6.07) is 7.60. The van der Waals surface area contributed by atoms with Crippen LogP contribution in [0.3, 0.4) is 0 Å². The third-order valence-corrected chi connectivity index (χ3v) is 6.32. The molecule has 2 saturated heterocycles. The van der Waals surface area contributed by atoms with E-state index in [4.69, 9.17) is 11.6 Å². The van der Waals surface area contributed by atoms with E-state index in [-0.39, 0.29) is 11.8 Å². The predicted octanol–water partition coefficient (Wildman–Crippen LogP) is 3.86. The highest BCUT2D eigenvalue weighted by Crippen LogP contribution is 2.37. The largest absolute Gasteiger partial charge is 0.338 e. The van der Waals surface area contributed by atoms with E-state index in [2.05, 4.69) is 24.3 Å². The molecule has 2 aliphatic rings. The summed E-state index contributed by atoms with van der Waals surface area (Å²) in [4.78, 5) is 15.3. The fraction of sp³-hybridized carbons (Fsp3) is 0.524. The molecule has 1 aromatic heterocycles. The molecule has 1 N–H and O–H groups in total. The van der Waals surface area contributed by atoms with Gasteiger partial charge in [-0.2, -0.15) is 5.10 Å². The predicted molar refractivity (Wildman–Crippen MR) is 108 cm³/mol. The summed E-state index contributed by atoms with van der Waals surface area (Å²) in [7, 11) is 0. The van der Waals surface area contributed by atoms with E-state index in [1.165, 1.54) is 6.42 Å². The number of benzene rings is 1. The molecule has 2 aliphatic heterocycles. The standard InChI is InChI=1S/C21H27ClN4O/c1-15(2)19-18(13-24-26(19)17-5-3-4-16(22)12-17)20(27)25-10-7-21(8-11-25)6-9-23-14-21/h3-5,12-13,15,23H,6-11,14H2,1-2H3. The lowest BCUT2D eigenvalue weighted by Gasteiger charge is -2.39. The Morgan fingerprint density at radius 1 is 1.26 bits per heavy atom. The van der Waals surface area contributed by atoms with Crippen molar-refractivity contribution in [2.45, 2.75) is 39.0 Å². The van der Waals surface area contributed by atoms with Crippen molar-refractivity contribution >= 4 is 17.5 Å². The van der Waals surface area contributed by atoms with Gasteiger partial charge < -0.3 is 10.2 Å². The quantitative estimate of drug-likeness (QED) is 0.871. The average Bonchev–Trinajstić information content (AvgIpc) is 3.29. The van der Waals surface area contributed by atoms with Crippen LogP contribution in [0.4, 0.5) is 0 Å². The number of aromatic nitrogens is 2. The van der Waals surface area contributed by atoms with Crippen LogP contribution in [0.1, 0.15) is 55.1 Å². The van der Waals surface area contributed by atoms with Crippen molar-refractivity contribution in [2.75, 3.05) is 26.2 Å². The maximum Gasteiger partial charge on any atom is 0.257 e. The highest BCUT2D eigenvalue weighted by atomic mass is 35.5. The van der Waals surface area contributed by atoms with E-state index in [1.54, 1.807) is 6.20 Å². The molecule has 0 aliphatic carbocycles. The number of rotatable bonds is 3. The van der Waals surface area contributed by atoms with Gasteiger partial charge in [-0.25, -0.2) is 4.68 Å². The van der Waals surface area contributed by atoms with Gasteiger partial charge in [0.25, 0.3) is 5.91 Å². The maximum atomic E-state index is 13.3. The van der Waals surface area contributed by atoms with E-state index in [0.717, 1.165) is 50.4 Å². The summed E-state index contributed by atoms with van der Waals surface area (Å²) in [5, 5.41) is 8.68. The summed E-state index contributed by atoms with van der Waals surface area (Å²) >= 11 is 6.16. The maximum absolute atomic E-state index is 13.3. The van der Waals surface area contributed by atoms with Crippen LogP contribution in [-0.2, 0) is 0 Å². The van der Waals surface area contributed by atoms with Gasteiger partial charge in [-0.3, -0.25) is 4.79 Å². The smallest absolute Gasteiger partial charge is 0.257 e. The Morgan fingerprint density at radius 2 is 2.04 bits per heavy atom. The van der Waals surface area contributed by atoms with Gasteiger partial charge in [0.1, 0.15) is 0 Å². The SMILES string of the molecule is CC(C)c1c(C(=O)N2CCC3(CCNC3)CC2)cnn1-c1cccc(Cl)c1. The molecular weight excluding hydrogens is 360 g/mol. The second kappa shape index (κ2) is 7.28. The lowest BCUT2D eigenvalue weighted by Crippen LogP contribution is -2.44. The lowest BCUT2D eigenvalue weighted by atomic mass is 9.77. The number of likely N-dealkylation sites (tertiary alicyclic amines) is 1. The molecule has 2 fully saturated rings. The Hall–Kier alpha value is -1.85. The number of carbonyl (C=O) groups excluding carboxylic acids is 1. The molecule has 1 amide bonds. The van der Waals surface area contributed by atoms with Crippen LogP contribution in [-0.4, -0.2) is 46.8 Å². The number of nitrogens with one attached hydrogen (secondary N) is 1. The summed E-state index contributed by atoms with van der Waals surface area (Å²) < 4.78 is 1.86. The number of carbonyl (C=O) groups is 1. The number of amides is 1. The summed E-state index contributed by atoms with van der Waals surface area (Å²) in [5.74, 6) is 0.286. The van der Waals surface area contributed by atoms with E-state index in [1.807, 2.05) is 33.8 Å². The van der Waals surface area contributed by atoms with Gasteiger partial charge in [0, 0.05) is 24.7 Å². The van der Waals surface area contributed by atoms with E-state index in [0.29, 0.717) is 16.0 Å². The number of hydrogen-bond acceptors (Lipinski definition) is 3. The first-order chi connectivity index (χ1) is 13.0. The van der Waals surface area contributed by atoms with Crippen molar-refractivity contribution < 1.29 is 4.79 Å². The Labute approximate surface area is 165 Å². The van der Waals surface area contributed by atoms with Gasteiger partial charge in [0.05, 0.1) is 23.1 Å². The third kappa shape index (κ3) is 3.50. The van der Waals surface area contributed by atoms with Crippen molar-refractivity contribution in [3.8, 4) is 5.69 Å². The van der Waals surface area contributed by atoms with Crippen molar-refractivity contribution in [1.82, 2.24) is 20.0 Å². The molecule has 0 bridgehead atoms. The Bertz CT molecular complexity index is 828. The Kier molecular flexibility index (Phi) is 4.99. The molecule has 0 saturated carbocycles. The van der Waals surface area contributed by atoms with Crippen LogP contribution in [0.2, 0.25) is 5.02 Å². The topological polar surface area (TPSA) is 50.2 Å². The minimum Gasteiger partial charge on any atom is -0.338 e. The van der Waals surface area contributed by atoms with Crippen molar-refractivity contribution in [2.24, 2.45) is 5.41 Å². The van der Waals surface area contributed by atoms with Crippen LogP contribution in [0.15, 0.2) is 30.5 Å². The molecule has 6 heteroatoms. The van der Waals surface area contributed by atoms with Crippen LogP contribution in [0.25, 0.3) is 5.69 Å². The third-order valence-electron chi connectivity index (χ3n) is 6.08. The Balaban J connectivity index is 1.59. The van der Waals surface area contributed by atoms with Crippen molar-refractivity contribution in [1.29, 1.82) is 0 Å². The summed E-state index contributed by atoms with van der Waals surface area (Å²) in [6.07, 6.45) is 5.13. The molecule has 4 rings (SSSR count). The first kappa shape index (κ1) is 18.5. The molecular formula is C21H27ClN4O. The van der Waals surface area contributed by atoms with E-state index >= 15 is 0 Å². The second-order valence-corrected chi connectivity index (χ2v) is 8.65. The van der Waals surface area contributed by atoms with E-state index in [9.17, 15) is 4.79 Å². The molecule has 27 heavy (non-hydrogen) atoms. The molecule has 1 aromatic carbocycles. The molecule has 0 unspecified atom stereocenters.